The first-order valence-corrected chi connectivity index (χ1v) is 7.40. The van der Waals surface area contributed by atoms with Gasteiger partial charge in [-0.05, 0) is 51.1 Å². The molecule has 114 valence electrons. The number of aromatic nitrogens is 3. The van der Waals surface area contributed by atoms with Crippen LogP contribution in [0, 0.1) is 13.8 Å². The van der Waals surface area contributed by atoms with Gasteiger partial charge in [-0.3, -0.25) is 9.88 Å². The number of benzene rings is 1. The van der Waals surface area contributed by atoms with Gasteiger partial charge >= 0.3 is 0 Å². The third kappa shape index (κ3) is 2.72. The normalized spacial score (nSPS) is 13.0. The van der Waals surface area contributed by atoms with Gasteiger partial charge in [-0.15, -0.1) is 0 Å². The third-order valence-electron chi connectivity index (χ3n) is 4.10. The molecule has 0 aliphatic heterocycles. The lowest BCUT2D eigenvalue weighted by molar-refractivity contribution is 0.203. The molecule has 0 spiro atoms. The van der Waals surface area contributed by atoms with Crippen molar-refractivity contribution in [3.8, 4) is 0 Å². The number of aryl methyl sites for hydroxylation is 2. The number of fused-ring (bicyclic) bond motifs is 1. The van der Waals surface area contributed by atoms with Crippen LogP contribution in [-0.2, 0) is 6.54 Å². The van der Waals surface area contributed by atoms with Crippen molar-refractivity contribution in [1.82, 2.24) is 20.0 Å². The number of nitrogens with zero attached hydrogens (tertiary/aromatic N) is 4. The number of rotatable bonds is 4. The predicted octanol–water partition coefficient (Wildman–Crippen LogP) is 3.43. The maximum atomic E-state index is 5.29. The molecule has 1 aromatic carbocycles. The Morgan fingerprint density at radius 2 is 2.05 bits per heavy atom. The molecule has 0 amide bonds. The Morgan fingerprint density at radius 1 is 1.23 bits per heavy atom. The molecule has 22 heavy (non-hydrogen) atoms. The van der Waals surface area contributed by atoms with Crippen LogP contribution in [0.1, 0.15) is 35.8 Å². The largest absolute Gasteiger partial charge is 0.338 e. The summed E-state index contributed by atoms with van der Waals surface area (Å²) in [5, 5.41) is 5.07. The van der Waals surface area contributed by atoms with Crippen molar-refractivity contribution in [2.75, 3.05) is 7.05 Å². The SMILES string of the molecule is Cc1noc([C@H](C)N(C)Cc2c(C)ccc3ncccc23)n1. The van der Waals surface area contributed by atoms with Crippen LogP contribution in [0.5, 0.6) is 0 Å². The highest BCUT2D eigenvalue weighted by Gasteiger charge is 2.19. The fraction of sp³-hybridized carbons (Fsp3) is 0.353. The maximum absolute atomic E-state index is 5.29. The van der Waals surface area contributed by atoms with Crippen molar-refractivity contribution < 1.29 is 4.52 Å². The van der Waals surface area contributed by atoms with Crippen molar-refractivity contribution in [3.05, 3.63) is 53.3 Å². The highest BCUT2D eigenvalue weighted by molar-refractivity contribution is 5.83. The Labute approximate surface area is 130 Å². The lowest BCUT2D eigenvalue weighted by atomic mass is 10.0. The minimum atomic E-state index is 0.0625. The minimum absolute atomic E-state index is 0.0625. The van der Waals surface area contributed by atoms with Gasteiger partial charge in [0.1, 0.15) is 0 Å². The van der Waals surface area contributed by atoms with Crippen molar-refractivity contribution in [3.63, 3.8) is 0 Å². The molecular weight excluding hydrogens is 276 g/mol. The van der Waals surface area contributed by atoms with Crippen LogP contribution in [0.4, 0.5) is 0 Å². The second-order valence-corrected chi connectivity index (χ2v) is 5.70. The summed E-state index contributed by atoms with van der Waals surface area (Å²) < 4.78 is 5.29. The molecule has 0 fully saturated rings. The van der Waals surface area contributed by atoms with E-state index in [9.17, 15) is 0 Å². The van der Waals surface area contributed by atoms with E-state index in [2.05, 4.69) is 59.1 Å². The second-order valence-electron chi connectivity index (χ2n) is 5.70. The summed E-state index contributed by atoms with van der Waals surface area (Å²) in [7, 11) is 2.07. The average Bonchev–Trinajstić information content (AvgIpc) is 2.95. The monoisotopic (exact) mass is 296 g/mol. The van der Waals surface area contributed by atoms with E-state index in [1.165, 1.54) is 16.5 Å². The summed E-state index contributed by atoms with van der Waals surface area (Å²) in [4.78, 5) is 11.0. The van der Waals surface area contributed by atoms with E-state index in [4.69, 9.17) is 4.52 Å². The van der Waals surface area contributed by atoms with Crippen LogP contribution >= 0.6 is 0 Å². The molecule has 0 saturated heterocycles. The molecule has 0 radical (unpaired) electrons. The highest BCUT2D eigenvalue weighted by atomic mass is 16.5. The molecule has 0 aliphatic carbocycles. The van der Waals surface area contributed by atoms with Crippen molar-refractivity contribution in [2.24, 2.45) is 0 Å². The zero-order chi connectivity index (χ0) is 15.7. The molecule has 0 aliphatic rings. The van der Waals surface area contributed by atoms with E-state index in [1.807, 2.05) is 19.2 Å². The van der Waals surface area contributed by atoms with Crippen molar-refractivity contribution >= 4 is 10.9 Å². The van der Waals surface area contributed by atoms with Gasteiger partial charge in [-0.25, -0.2) is 0 Å². The summed E-state index contributed by atoms with van der Waals surface area (Å²) in [5.41, 5.74) is 3.58. The molecule has 3 rings (SSSR count). The summed E-state index contributed by atoms with van der Waals surface area (Å²) in [6.07, 6.45) is 1.83. The summed E-state index contributed by atoms with van der Waals surface area (Å²) in [5.74, 6) is 1.32. The summed E-state index contributed by atoms with van der Waals surface area (Å²) in [6, 6.07) is 8.36. The van der Waals surface area contributed by atoms with Crippen LogP contribution in [-0.4, -0.2) is 27.1 Å². The molecule has 2 aromatic heterocycles. The molecular formula is C17H20N4O. The van der Waals surface area contributed by atoms with E-state index in [0.29, 0.717) is 11.7 Å². The molecule has 0 unspecified atom stereocenters. The van der Waals surface area contributed by atoms with E-state index in [-0.39, 0.29) is 6.04 Å². The Bertz CT molecular complexity index is 796. The zero-order valence-corrected chi connectivity index (χ0v) is 13.4. The lowest BCUT2D eigenvalue weighted by Gasteiger charge is -2.23. The van der Waals surface area contributed by atoms with Crippen molar-refractivity contribution in [1.29, 1.82) is 0 Å². The second kappa shape index (κ2) is 5.85. The topological polar surface area (TPSA) is 55.1 Å². The predicted molar refractivity (Wildman–Crippen MR) is 85.4 cm³/mol. The van der Waals surface area contributed by atoms with E-state index >= 15 is 0 Å². The Hall–Kier alpha value is -2.27. The average molecular weight is 296 g/mol. The van der Waals surface area contributed by atoms with Crippen molar-refractivity contribution in [2.45, 2.75) is 33.4 Å². The maximum Gasteiger partial charge on any atom is 0.243 e. The summed E-state index contributed by atoms with van der Waals surface area (Å²) in [6.45, 7) is 6.85. The van der Waals surface area contributed by atoms with Gasteiger partial charge in [-0.2, -0.15) is 4.98 Å². The zero-order valence-electron chi connectivity index (χ0n) is 13.4. The molecule has 0 saturated carbocycles. The molecule has 1 atom stereocenters. The lowest BCUT2D eigenvalue weighted by Crippen LogP contribution is -2.22. The first-order valence-electron chi connectivity index (χ1n) is 7.40. The van der Waals surface area contributed by atoms with Gasteiger partial charge in [0.2, 0.25) is 5.89 Å². The number of hydrogen-bond acceptors (Lipinski definition) is 5. The summed E-state index contributed by atoms with van der Waals surface area (Å²) >= 11 is 0. The molecule has 3 aromatic rings. The fourth-order valence-corrected chi connectivity index (χ4v) is 2.59. The first-order chi connectivity index (χ1) is 10.6. The van der Waals surface area contributed by atoms with Gasteiger partial charge in [-0.1, -0.05) is 17.3 Å². The smallest absolute Gasteiger partial charge is 0.243 e. The molecule has 0 N–H and O–H groups in total. The van der Waals surface area contributed by atoms with E-state index in [1.54, 1.807) is 0 Å². The van der Waals surface area contributed by atoms with Gasteiger partial charge in [0.05, 0.1) is 11.6 Å². The minimum Gasteiger partial charge on any atom is -0.338 e. The van der Waals surface area contributed by atoms with Gasteiger partial charge in [0, 0.05) is 18.1 Å². The Kier molecular flexibility index (Phi) is 3.90. The van der Waals surface area contributed by atoms with Crippen LogP contribution in [0.15, 0.2) is 35.0 Å². The van der Waals surface area contributed by atoms with Gasteiger partial charge in [0.15, 0.2) is 5.82 Å². The fourth-order valence-electron chi connectivity index (χ4n) is 2.59. The van der Waals surface area contributed by atoms with E-state index in [0.717, 1.165) is 12.1 Å². The first kappa shape index (κ1) is 14.7. The standard InChI is InChI=1S/C17H20N4O/c1-11-7-8-16-14(6-5-9-18-16)15(11)10-21(4)12(2)17-19-13(3)20-22-17/h5-9,12H,10H2,1-4H3/t12-/m0/s1. The number of hydrogen-bond donors (Lipinski definition) is 0. The molecule has 5 nitrogen and oxygen atoms in total. The Balaban J connectivity index is 1.91. The third-order valence-corrected chi connectivity index (χ3v) is 4.10. The number of pyridine rings is 1. The molecule has 2 heterocycles. The van der Waals surface area contributed by atoms with Crippen LogP contribution < -0.4 is 0 Å². The van der Waals surface area contributed by atoms with E-state index < -0.39 is 0 Å². The van der Waals surface area contributed by atoms with Gasteiger partial charge < -0.3 is 4.52 Å². The van der Waals surface area contributed by atoms with Crippen LogP contribution in [0.25, 0.3) is 10.9 Å². The Morgan fingerprint density at radius 3 is 2.77 bits per heavy atom. The van der Waals surface area contributed by atoms with Crippen LogP contribution in [0.2, 0.25) is 0 Å². The highest BCUT2D eigenvalue weighted by Crippen LogP contribution is 2.25. The van der Waals surface area contributed by atoms with Crippen LogP contribution in [0.3, 0.4) is 0 Å². The molecule has 5 heteroatoms. The quantitative estimate of drug-likeness (QED) is 0.738. The van der Waals surface area contributed by atoms with Gasteiger partial charge in [0.25, 0.3) is 0 Å². The molecule has 0 bridgehead atoms.